The third-order valence-corrected chi connectivity index (χ3v) is 3.65. The van der Waals surface area contributed by atoms with Crippen molar-refractivity contribution in [2.45, 2.75) is 19.1 Å². The van der Waals surface area contributed by atoms with Gasteiger partial charge >= 0.3 is 6.18 Å². The largest absolute Gasteiger partial charge is 0.433 e. The number of anilines is 2. The molecule has 0 radical (unpaired) electrons. The number of alkyl halides is 3. The topological polar surface area (TPSA) is 32.3 Å². The molecule has 0 aliphatic heterocycles. The van der Waals surface area contributed by atoms with Crippen LogP contribution in [0, 0.1) is 0 Å². The number of halogens is 3. The van der Waals surface area contributed by atoms with Crippen LogP contribution in [0.15, 0.2) is 6.07 Å². The van der Waals surface area contributed by atoms with Gasteiger partial charge in [-0.1, -0.05) is 0 Å². The third kappa shape index (κ3) is 4.16. The summed E-state index contributed by atoms with van der Waals surface area (Å²) in [6.07, 6.45) is -2.53. The van der Waals surface area contributed by atoms with Gasteiger partial charge in [-0.15, -0.1) is 0 Å². The van der Waals surface area contributed by atoms with Gasteiger partial charge in [0.2, 0.25) is 5.95 Å². The van der Waals surface area contributed by atoms with Gasteiger partial charge in [0.1, 0.15) is 5.82 Å². The molecule has 0 aliphatic rings. The maximum Gasteiger partial charge on any atom is 0.433 e. The van der Waals surface area contributed by atoms with Crippen molar-refractivity contribution in [1.82, 2.24) is 9.97 Å². The molecular formula is C12H19F3N4S. The zero-order chi connectivity index (χ0) is 15.5. The Bertz CT molecular complexity index is 451. The summed E-state index contributed by atoms with van der Waals surface area (Å²) in [4.78, 5) is 11.0. The van der Waals surface area contributed by atoms with Gasteiger partial charge in [-0.2, -0.15) is 29.9 Å². The molecule has 1 aromatic heterocycles. The van der Waals surface area contributed by atoms with Crippen LogP contribution in [0.2, 0.25) is 0 Å². The fourth-order valence-corrected chi connectivity index (χ4v) is 2.21. The van der Waals surface area contributed by atoms with Crippen LogP contribution in [-0.2, 0) is 6.18 Å². The lowest BCUT2D eigenvalue weighted by Gasteiger charge is -2.26. The molecule has 114 valence electrons. The van der Waals surface area contributed by atoms with Crippen molar-refractivity contribution in [3.8, 4) is 0 Å². The van der Waals surface area contributed by atoms with E-state index >= 15 is 0 Å². The standard InChI is InChI=1S/C12H19F3N4S/c1-8(7-20-5)19(4)11-16-9(12(13,14)15)6-10(17-11)18(2)3/h6,8H,7H2,1-5H3. The van der Waals surface area contributed by atoms with Gasteiger partial charge < -0.3 is 9.80 Å². The van der Waals surface area contributed by atoms with Gasteiger partial charge in [-0.25, -0.2) is 4.98 Å². The van der Waals surface area contributed by atoms with Crippen molar-refractivity contribution < 1.29 is 13.2 Å². The summed E-state index contributed by atoms with van der Waals surface area (Å²) in [7, 11) is 5.00. The zero-order valence-electron chi connectivity index (χ0n) is 12.2. The predicted molar refractivity (Wildman–Crippen MR) is 77.6 cm³/mol. The molecule has 0 amide bonds. The molecule has 0 N–H and O–H groups in total. The SMILES string of the molecule is CSCC(C)N(C)c1nc(N(C)C)cc(C(F)(F)F)n1. The zero-order valence-corrected chi connectivity index (χ0v) is 13.0. The predicted octanol–water partition coefficient (Wildman–Crippen LogP) is 2.75. The highest BCUT2D eigenvalue weighted by atomic mass is 32.2. The first kappa shape index (κ1) is 16.9. The fraction of sp³-hybridized carbons (Fsp3) is 0.667. The van der Waals surface area contributed by atoms with E-state index in [2.05, 4.69) is 9.97 Å². The van der Waals surface area contributed by atoms with Crippen molar-refractivity contribution in [1.29, 1.82) is 0 Å². The molecule has 0 aromatic carbocycles. The summed E-state index contributed by atoms with van der Waals surface area (Å²) in [5, 5.41) is 0. The molecule has 1 aromatic rings. The summed E-state index contributed by atoms with van der Waals surface area (Å²) < 4.78 is 38.7. The minimum absolute atomic E-state index is 0.0449. The molecule has 4 nitrogen and oxygen atoms in total. The minimum atomic E-state index is -4.48. The molecule has 0 saturated carbocycles. The lowest BCUT2D eigenvalue weighted by atomic mass is 10.3. The van der Waals surface area contributed by atoms with Crippen molar-refractivity contribution >= 4 is 23.5 Å². The molecule has 0 saturated heterocycles. The second-order valence-corrected chi connectivity index (χ2v) is 5.63. The van der Waals surface area contributed by atoms with Crippen molar-refractivity contribution in [2.75, 3.05) is 43.0 Å². The maximum atomic E-state index is 12.9. The highest BCUT2D eigenvalue weighted by Gasteiger charge is 2.34. The van der Waals surface area contributed by atoms with Crippen LogP contribution in [-0.4, -0.2) is 49.2 Å². The summed E-state index contributed by atoms with van der Waals surface area (Å²) in [5.74, 6) is 1.11. The van der Waals surface area contributed by atoms with Gasteiger partial charge in [-0.3, -0.25) is 0 Å². The lowest BCUT2D eigenvalue weighted by molar-refractivity contribution is -0.141. The second kappa shape index (κ2) is 6.51. The Labute approximate surface area is 121 Å². The molecular weight excluding hydrogens is 289 g/mol. The highest BCUT2D eigenvalue weighted by Crippen LogP contribution is 2.31. The molecule has 0 bridgehead atoms. The van der Waals surface area contributed by atoms with Gasteiger partial charge in [0.25, 0.3) is 0 Å². The van der Waals surface area contributed by atoms with Gasteiger partial charge in [0.15, 0.2) is 5.69 Å². The quantitative estimate of drug-likeness (QED) is 0.835. The molecule has 0 fully saturated rings. The number of hydrogen-bond donors (Lipinski definition) is 0. The number of hydrogen-bond acceptors (Lipinski definition) is 5. The summed E-state index contributed by atoms with van der Waals surface area (Å²) in [6, 6.07) is 1.000. The van der Waals surface area contributed by atoms with E-state index in [0.717, 1.165) is 11.8 Å². The Morgan fingerprint density at radius 3 is 2.30 bits per heavy atom. The van der Waals surface area contributed by atoms with Crippen molar-refractivity contribution in [3.63, 3.8) is 0 Å². The normalized spacial score (nSPS) is 13.2. The fourth-order valence-electron chi connectivity index (χ4n) is 1.50. The number of thioether (sulfide) groups is 1. The van der Waals surface area contributed by atoms with Gasteiger partial charge in [0, 0.05) is 39.0 Å². The lowest BCUT2D eigenvalue weighted by Crippen LogP contribution is -2.33. The van der Waals surface area contributed by atoms with E-state index in [-0.39, 0.29) is 17.8 Å². The van der Waals surface area contributed by atoms with E-state index in [9.17, 15) is 13.2 Å². The van der Waals surface area contributed by atoms with E-state index in [1.807, 2.05) is 13.2 Å². The molecule has 0 spiro atoms. The Hall–Kier alpha value is -1.18. The van der Waals surface area contributed by atoms with Gasteiger partial charge in [0.05, 0.1) is 0 Å². The molecule has 20 heavy (non-hydrogen) atoms. The van der Waals surface area contributed by atoms with Crippen LogP contribution in [0.4, 0.5) is 24.9 Å². The molecule has 8 heteroatoms. The first-order valence-electron chi connectivity index (χ1n) is 6.02. The smallest absolute Gasteiger partial charge is 0.363 e. The number of rotatable bonds is 5. The van der Waals surface area contributed by atoms with Crippen LogP contribution >= 0.6 is 11.8 Å². The van der Waals surface area contributed by atoms with E-state index in [1.54, 1.807) is 37.8 Å². The highest BCUT2D eigenvalue weighted by molar-refractivity contribution is 7.98. The van der Waals surface area contributed by atoms with Crippen LogP contribution in [0.1, 0.15) is 12.6 Å². The third-order valence-electron chi connectivity index (χ3n) is 2.83. The average Bonchev–Trinajstić information content (AvgIpc) is 2.36. The Balaban J connectivity index is 3.22. The Morgan fingerprint density at radius 1 is 1.25 bits per heavy atom. The first-order valence-corrected chi connectivity index (χ1v) is 7.41. The van der Waals surface area contributed by atoms with Crippen LogP contribution < -0.4 is 9.80 Å². The minimum Gasteiger partial charge on any atom is -0.363 e. The molecule has 0 aliphatic carbocycles. The molecule has 1 atom stereocenters. The van der Waals surface area contributed by atoms with E-state index in [0.29, 0.717) is 0 Å². The first-order chi connectivity index (χ1) is 9.16. The summed E-state index contributed by atoms with van der Waals surface area (Å²) in [5.41, 5.74) is -0.922. The van der Waals surface area contributed by atoms with E-state index < -0.39 is 11.9 Å². The monoisotopic (exact) mass is 308 g/mol. The second-order valence-electron chi connectivity index (χ2n) is 4.72. The van der Waals surface area contributed by atoms with Crippen molar-refractivity contribution in [3.05, 3.63) is 11.8 Å². The molecule has 1 unspecified atom stereocenters. The van der Waals surface area contributed by atoms with Crippen LogP contribution in [0.25, 0.3) is 0 Å². The van der Waals surface area contributed by atoms with E-state index in [1.165, 1.54) is 4.90 Å². The number of aromatic nitrogens is 2. The average molecular weight is 308 g/mol. The maximum absolute atomic E-state index is 12.9. The van der Waals surface area contributed by atoms with Crippen LogP contribution in [0.3, 0.4) is 0 Å². The Morgan fingerprint density at radius 2 is 1.85 bits per heavy atom. The van der Waals surface area contributed by atoms with Gasteiger partial charge in [-0.05, 0) is 13.2 Å². The van der Waals surface area contributed by atoms with E-state index in [4.69, 9.17) is 0 Å². The van der Waals surface area contributed by atoms with Crippen LogP contribution in [0.5, 0.6) is 0 Å². The molecule has 1 heterocycles. The summed E-state index contributed by atoms with van der Waals surface area (Å²) in [6.45, 7) is 1.93. The number of nitrogens with zero attached hydrogens (tertiary/aromatic N) is 4. The van der Waals surface area contributed by atoms with Crippen molar-refractivity contribution in [2.24, 2.45) is 0 Å². The molecule has 1 rings (SSSR count). The summed E-state index contributed by atoms with van der Waals surface area (Å²) >= 11 is 1.62. The Kier molecular flexibility index (Phi) is 5.50.